The first-order valence-electron chi connectivity index (χ1n) is 10.4. The van der Waals surface area contributed by atoms with Crippen molar-refractivity contribution < 1.29 is 29.3 Å². The van der Waals surface area contributed by atoms with E-state index >= 15 is 0 Å². The Morgan fingerprint density at radius 1 is 1.22 bits per heavy atom. The van der Waals surface area contributed by atoms with Crippen LogP contribution in [0.3, 0.4) is 0 Å². The molecule has 0 spiro atoms. The minimum Gasteiger partial charge on any atom is -0.530 e. The van der Waals surface area contributed by atoms with Crippen molar-refractivity contribution in [2.24, 2.45) is 5.10 Å². The quantitative estimate of drug-likeness (QED) is 0.644. The number of aromatic hydroxyl groups is 1. The summed E-state index contributed by atoms with van der Waals surface area (Å²) >= 11 is 0. The van der Waals surface area contributed by atoms with Gasteiger partial charge >= 0.3 is 0 Å². The summed E-state index contributed by atoms with van der Waals surface area (Å²) in [5.41, 5.74) is 2.19. The molecule has 0 radical (unpaired) electrons. The van der Waals surface area contributed by atoms with Gasteiger partial charge in [-0.25, -0.2) is 5.01 Å². The maximum Gasteiger partial charge on any atom is 0.265 e. The van der Waals surface area contributed by atoms with Crippen LogP contribution in [0, 0.1) is 0 Å². The normalized spacial score (nSPS) is 14.3. The van der Waals surface area contributed by atoms with E-state index in [0.717, 1.165) is 5.56 Å². The molecule has 0 aliphatic carbocycles. The van der Waals surface area contributed by atoms with Gasteiger partial charge in [0.1, 0.15) is 17.9 Å². The number of carbonyl (C=O) groups excluding carboxylic acids is 2. The van der Waals surface area contributed by atoms with Gasteiger partial charge < -0.3 is 29.8 Å². The summed E-state index contributed by atoms with van der Waals surface area (Å²) in [4.78, 5) is 24.3. The molecule has 9 nitrogen and oxygen atoms in total. The monoisotopic (exact) mass is 440 g/mol. The van der Waals surface area contributed by atoms with Gasteiger partial charge in [0.2, 0.25) is 0 Å². The summed E-state index contributed by atoms with van der Waals surface area (Å²) in [6.07, 6.45) is -0.0959. The summed E-state index contributed by atoms with van der Waals surface area (Å²) in [6.45, 7) is 2.73. The van der Waals surface area contributed by atoms with E-state index in [4.69, 9.17) is 9.47 Å². The lowest BCUT2D eigenvalue weighted by atomic mass is 10.0. The Labute approximate surface area is 186 Å². The number of hydrazone groups is 1. The van der Waals surface area contributed by atoms with Crippen LogP contribution in [0.15, 0.2) is 47.6 Å². The Kier molecular flexibility index (Phi) is 7.54. The van der Waals surface area contributed by atoms with E-state index in [-0.39, 0.29) is 12.2 Å². The number of nitrogens with zero attached hydrogens (tertiary/aromatic N) is 2. The molecule has 0 fully saturated rings. The lowest BCUT2D eigenvalue weighted by Gasteiger charge is -2.28. The molecule has 0 saturated heterocycles. The molecule has 2 N–H and O–H groups in total. The third-order valence-corrected chi connectivity index (χ3v) is 5.04. The highest BCUT2D eigenvalue weighted by molar-refractivity contribution is 6.02. The fourth-order valence-electron chi connectivity index (χ4n) is 3.52. The van der Waals surface area contributed by atoms with Gasteiger partial charge in [-0.15, -0.1) is 0 Å². The van der Waals surface area contributed by atoms with E-state index in [1.54, 1.807) is 25.3 Å². The zero-order chi connectivity index (χ0) is 23.1. The smallest absolute Gasteiger partial charge is 0.265 e. The molecule has 1 atom stereocenters. The van der Waals surface area contributed by atoms with Crippen molar-refractivity contribution in [3.63, 3.8) is 0 Å². The van der Waals surface area contributed by atoms with Gasteiger partial charge in [-0.2, -0.15) is 5.10 Å². The summed E-state index contributed by atoms with van der Waals surface area (Å²) in [6, 6.07) is 10.6. The van der Waals surface area contributed by atoms with Gasteiger partial charge in [0.05, 0.1) is 19.4 Å². The van der Waals surface area contributed by atoms with Gasteiger partial charge in [0, 0.05) is 18.5 Å². The second-order valence-electron chi connectivity index (χ2n) is 7.27. The number of methoxy groups -OCH3 is 1. The van der Waals surface area contributed by atoms with Crippen LogP contribution in [0.1, 0.15) is 30.9 Å². The number of carbonyl (C=O) groups is 2. The maximum absolute atomic E-state index is 13.1. The highest BCUT2D eigenvalue weighted by atomic mass is 16.5. The van der Waals surface area contributed by atoms with Gasteiger partial charge in [-0.1, -0.05) is 12.1 Å². The lowest BCUT2D eigenvalue weighted by molar-refractivity contribution is -0.251. The maximum atomic E-state index is 13.1. The highest BCUT2D eigenvalue weighted by Crippen LogP contribution is 2.29. The summed E-state index contributed by atoms with van der Waals surface area (Å²) in [7, 11) is 1.56. The molecule has 0 aromatic heterocycles. The zero-order valence-corrected chi connectivity index (χ0v) is 18.0. The van der Waals surface area contributed by atoms with Crippen LogP contribution in [-0.4, -0.2) is 54.1 Å². The Morgan fingerprint density at radius 2 is 1.97 bits per heavy atom. The number of phenolic OH excluding ortho intramolecular Hbond substituents is 1. The Balaban J connectivity index is 1.84. The molecule has 2 amide bonds. The third-order valence-electron chi connectivity index (χ3n) is 5.04. The van der Waals surface area contributed by atoms with E-state index in [1.165, 1.54) is 17.1 Å². The topological polar surface area (TPSA) is 124 Å². The molecule has 0 bridgehead atoms. The second kappa shape index (κ2) is 10.5. The van der Waals surface area contributed by atoms with Crippen molar-refractivity contribution in [3.8, 4) is 17.2 Å². The fourth-order valence-corrected chi connectivity index (χ4v) is 3.52. The molecule has 1 aliphatic heterocycles. The molecule has 0 saturated carbocycles. The molecule has 3 rings (SSSR count). The van der Waals surface area contributed by atoms with Crippen molar-refractivity contribution in [3.05, 3.63) is 53.6 Å². The number of rotatable bonds is 8. The summed E-state index contributed by atoms with van der Waals surface area (Å²) in [5.74, 6) is 0.799. The molecule has 1 unspecified atom stereocenters. The van der Waals surface area contributed by atoms with Gasteiger partial charge in [-0.05, 0) is 55.7 Å². The molecule has 9 heteroatoms. The minimum atomic E-state index is -1.54. The van der Waals surface area contributed by atoms with Crippen molar-refractivity contribution in [1.82, 2.24) is 10.3 Å². The Morgan fingerprint density at radius 3 is 2.62 bits per heavy atom. The molecule has 170 valence electrons. The lowest BCUT2D eigenvalue weighted by Crippen LogP contribution is -2.52. The van der Waals surface area contributed by atoms with E-state index < -0.39 is 18.0 Å². The highest BCUT2D eigenvalue weighted by Gasteiger charge is 2.27. The molecular weight excluding hydrogens is 414 g/mol. The van der Waals surface area contributed by atoms with Gasteiger partial charge in [0.15, 0.2) is 11.5 Å². The molecular formula is C23H26N3O6-. The van der Waals surface area contributed by atoms with E-state index in [0.29, 0.717) is 48.8 Å². The van der Waals surface area contributed by atoms with E-state index in [2.05, 4.69) is 10.4 Å². The molecule has 1 heterocycles. The number of carboxylic acid groups (broad SMARTS) is 1. The summed E-state index contributed by atoms with van der Waals surface area (Å²) in [5, 5.41) is 28.6. The van der Waals surface area contributed by atoms with E-state index in [1.807, 2.05) is 19.1 Å². The van der Waals surface area contributed by atoms with Crippen LogP contribution in [0.25, 0.3) is 0 Å². The van der Waals surface area contributed by atoms with Crippen molar-refractivity contribution in [1.29, 1.82) is 0 Å². The summed E-state index contributed by atoms with van der Waals surface area (Å²) < 4.78 is 10.9. The number of benzene rings is 2. The van der Waals surface area contributed by atoms with Gasteiger partial charge in [-0.3, -0.25) is 4.79 Å². The number of hydrogen-bond donors (Lipinski definition) is 2. The standard InChI is InChI=1S/C23H27N3O6/c1-3-32-21-14-16(8-11-20(21)31-2)18-5-4-12-26(25-18)22(28)19(24-23(29)30)13-15-6-9-17(27)10-7-15/h6-11,14,19,24,27H,3-5,12-13H2,1-2H3,(H,29,30)/p-1. The Bertz CT molecular complexity index is 990. The molecule has 32 heavy (non-hydrogen) atoms. The number of nitrogens with one attached hydrogen (secondary N) is 1. The average molecular weight is 440 g/mol. The average Bonchev–Trinajstić information content (AvgIpc) is 2.79. The SMILES string of the molecule is CCOc1cc(C2=NN(C(=O)C(Cc3ccc(O)cc3)NC(=O)[O-])CCC2)ccc1OC. The molecule has 2 aromatic rings. The van der Waals surface area contributed by atoms with Crippen molar-refractivity contribution >= 4 is 17.7 Å². The first-order chi connectivity index (χ1) is 15.4. The van der Waals surface area contributed by atoms with Crippen LogP contribution >= 0.6 is 0 Å². The number of amides is 2. The molecule has 1 aliphatic rings. The second-order valence-corrected chi connectivity index (χ2v) is 7.27. The van der Waals surface area contributed by atoms with E-state index in [9.17, 15) is 19.8 Å². The largest absolute Gasteiger partial charge is 0.530 e. The zero-order valence-electron chi connectivity index (χ0n) is 18.0. The predicted molar refractivity (Wildman–Crippen MR) is 116 cm³/mol. The number of ether oxygens (including phenoxy) is 2. The third kappa shape index (κ3) is 5.69. The Hall–Kier alpha value is -3.75. The number of hydrogen-bond acceptors (Lipinski definition) is 7. The van der Waals surface area contributed by atoms with Crippen LogP contribution < -0.4 is 19.9 Å². The van der Waals surface area contributed by atoms with Crippen LogP contribution in [0.2, 0.25) is 0 Å². The van der Waals surface area contributed by atoms with Crippen molar-refractivity contribution in [2.75, 3.05) is 20.3 Å². The van der Waals surface area contributed by atoms with Gasteiger partial charge in [0.25, 0.3) is 5.91 Å². The predicted octanol–water partition coefficient (Wildman–Crippen LogP) is 1.67. The number of phenols is 1. The first-order valence-corrected chi connectivity index (χ1v) is 10.4. The van der Waals surface area contributed by atoms with Crippen LogP contribution in [0.5, 0.6) is 17.2 Å². The van der Waals surface area contributed by atoms with Crippen LogP contribution in [0.4, 0.5) is 4.79 Å². The first kappa shape index (κ1) is 22.9. The van der Waals surface area contributed by atoms with Crippen molar-refractivity contribution in [2.45, 2.75) is 32.2 Å². The minimum absolute atomic E-state index is 0.0840. The van der Waals surface area contributed by atoms with Crippen LogP contribution in [-0.2, 0) is 11.2 Å². The fraction of sp³-hybridized carbons (Fsp3) is 0.348. The molecule has 2 aromatic carbocycles.